The molecule has 1 saturated heterocycles. The van der Waals surface area contributed by atoms with Crippen molar-refractivity contribution in [1.29, 1.82) is 0 Å². The first-order chi connectivity index (χ1) is 12.4. The molecule has 1 unspecified atom stereocenters. The number of aromatic nitrogens is 5. The van der Waals surface area contributed by atoms with E-state index in [1.54, 1.807) is 28.7 Å². The highest BCUT2D eigenvalue weighted by atomic mass is 32.2. The number of fused-ring (bicyclic) bond motifs is 1. The number of hydrogen-bond acceptors (Lipinski definition) is 6. The fraction of sp³-hybridized carbons (Fsp3) is 0.438. The summed E-state index contributed by atoms with van der Waals surface area (Å²) in [6.45, 7) is 2.73. The van der Waals surface area contributed by atoms with Crippen molar-refractivity contribution in [3.05, 3.63) is 35.9 Å². The number of nitrogens with zero attached hydrogens (tertiary/aromatic N) is 6. The zero-order valence-corrected chi connectivity index (χ0v) is 15.6. The van der Waals surface area contributed by atoms with E-state index in [-0.39, 0.29) is 17.5 Å². The molecule has 0 N–H and O–H groups in total. The Bertz CT molecular complexity index is 1070. The van der Waals surface area contributed by atoms with Gasteiger partial charge in [0.05, 0.1) is 24.6 Å². The predicted octanol–water partition coefficient (Wildman–Crippen LogP) is 0.772. The second-order valence-corrected chi connectivity index (χ2v) is 8.36. The minimum Gasteiger partial charge on any atom is -0.371 e. The van der Waals surface area contributed by atoms with E-state index in [1.807, 2.05) is 20.2 Å². The first kappa shape index (κ1) is 17.1. The van der Waals surface area contributed by atoms with E-state index in [4.69, 9.17) is 4.74 Å². The van der Waals surface area contributed by atoms with Crippen LogP contribution in [0, 0.1) is 6.92 Å². The van der Waals surface area contributed by atoms with E-state index in [9.17, 15) is 8.42 Å². The van der Waals surface area contributed by atoms with Gasteiger partial charge in [-0.2, -0.15) is 14.5 Å². The van der Waals surface area contributed by atoms with Gasteiger partial charge >= 0.3 is 0 Å². The minimum absolute atomic E-state index is 0.174. The van der Waals surface area contributed by atoms with Crippen LogP contribution in [0.5, 0.6) is 0 Å². The number of aryl methyl sites for hydroxylation is 3. The van der Waals surface area contributed by atoms with Gasteiger partial charge in [-0.15, -0.1) is 0 Å². The molecule has 4 heterocycles. The van der Waals surface area contributed by atoms with Crippen molar-refractivity contribution in [2.45, 2.75) is 17.9 Å². The van der Waals surface area contributed by atoms with Crippen LogP contribution in [0.25, 0.3) is 11.0 Å². The predicted molar refractivity (Wildman–Crippen MR) is 93.9 cm³/mol. The topological polar surface area (TPSA) is 95.1 Å². The van der Waals surface area contributed by atoms with Gasteiger partial charge in [-0.1, -0.05) is 0 Å². The summed E-state index contributed by atoms with van der Waals surface area (Å²) in [5.41, 5.74) is 2.28. The lowest BCUT2D eigenvalue weighted by Gasteiger charge is -2.31. The summed E-state index contributed by atoms with van der Waals surface area (Å²) in [5, 5.41) is 9.17. The molecule has 1 aliphatic heterocycles. The van der Waals surface area contributed by atoms with Crippen LogP contribution in [-0.4, -0.2) is 57.0 Å². The first-order valence-corrected chi connectivity index (χ1v) is 9.70. The standard InChI is InChI=1S/C16H20N6O3S/c1-11-14-6-13(8-17-16(14)21(3)19-11)26(23,24)22-4-5-25-15(10-22)12-7-18-20(2)9-12/h6-9,15H,4-5,10H2,1-3H3. The summed E-state index contributed by atoms with van der Waals surface area (Å²) in [4.78, 5) is 4.47. The van der Waals surface area contributed by atoms with Crippen molar-refractivity contribution < 1.29 is 13.2 Å². The van der Waals surface area contributed by atoms with Crippen LogP contribution < -0.4 is 0 Å². The van der Waals surface area contributed by atoms with Gasteiger partial charge in [0.2, 0.25) is 10.0 Å². The zero-order chi connectivity index (χ0) is 18.5. The lowest BCUT2D eigenvalue weighted by molar-refractivity contribution is -0.00259. The molecule has 26 heavy (non-hydrogen) atoms. The van der Waals surface area contributed by atoms with Gasteiger partial charge in [0.25, 0.3) is 0 Å². The molecular formula is C16H20N6O3S. The lowest BCUT2D eigenvalue weighted by atomic mass is 10.2. The van der Waals surface area contributed by atoms with Gasteiger partial charge in [0.15, 0.2) is 5.65 Å². The maximum absolute atomic E-state index is 13.1. The second kappa shape index (κ2) is 6.15. The summed E-state index contributed by atoms with van der Waals surface area (Å²) in [6, 6.07) is 1.65. The fourth-order valence-electron chi connectivity index (χ4n) is 3.23. The van der Waals surface area contributed by atoms with Crippen LogP contribution in [0.15, 0.2) is 29.6 Å². The molecule has 0 bridgehead atoms. The van der Waals surface area contributed by atoms with E-state index in [0.717, 1.165) is 16.6 Å². The maximum Gasteiger partial charge on any atom is 0.244 e. The molecule has 0 aromatic carbocycles. The van der Waals surface area contributed by atoms with Gasteiger partial charge in [-0.05, 0) is 13.0 Å². The average molecular weight is 376 g/mol. The SMILES string of the molecule is Cc1nn(C)c2ncc(S(=O)(=O)N3CCOC(c4cnn(C)c4)C3)cc12. The summed E-state index contributed by atoms with van der Waals surface area (Å²) in [6.07, 6.45) is 4.61. The van der Waals surface area contributed by atoms with Crippen LogP contribution in [-0.2, 0) is 28.9 Å². The van der Waals surface area contributed by atoms with Gasteiger partial charge in [0.1, 0.15) is 4.90 Å². The Morgan fingerprint density at radius 2 is 2.08 bits per heavy atom. The van der Waals surface area contributed by atoms with Crippen molar-refractivity contribution in [3.63, 3.8) is 0 Å². The highest BCUT2D eigenvalue weighted by molar-refractivity contribution is 7.89. The largest absolute Gasteiger partial charge is 0.371 e. The van der Waals surface area contributed by atoms with Crippen LogP contribution in [0.3, 0.4) is 0 Å². The Morgan fingerprint density at radius 3 is 2.81 bits per heavy atom. The van der Waals surface area contributed by atoms with Crippen molar-refractivity contribution in [2.75, 3.05) is 19.7 Å². The Hall–Kier alpha value is -2.30. The molecule has 0 spiro atoms. The smallest absolute Gasteiger partial charge is 0.244 e. The van der Waals surface area contributed by atoms with E-state index in [2.05, 4.69) is 15.2 Å². The van der Waals surface area contributed by atoms with Crippen LogP contribution in [0.1, 0.15) is 17.4 Å². The lowest BCUT2D eigenvalue weighted by Crippen LogP contribution is -2.42. The molecule has 0 amide bonds. The Kier molecular flexibility index (Phi) is 4.05. The number of rotatable bonds is 3. The minimum atomic E-state index is -3.67. The van der Waals surface area contributed by atoms with Gasteiger partial charge < -0.3 is 4.74 Å². The summed E-state index contributed by atoms with van der Waals surface area (Å²) >= 11 is 0. The Morgan fingerprint density at radius 1 is 1.27 bits per heavy atom. The monoisotopic (exact) mass is 376 g/mol. The molecule has 1 aliphatic rings. The van der Waals surface area contributed by atoms with E-state index < -0.39 is 10.0 Å². The van der Waals surface area contributed by atoms with Gasteiger partial charge in [0, 0.05) is 50.5 Å². The second-order valence-electron chi connectivity index (χ2n) is 6.42. The van der Waals surface area contributed by atoms with Crippen LogP contribution in [0.2, 0.25) is 0 Å². The van der Waals surface area contributed by atoms with Crippen LogP contribution in [0.4, 0.5) is 0 Å². The van der Waals surface area contributed by atoms with Crippen LogP contribution >= 0.6 is 0 Å². The molecule has 10 heteroatoms. The van der Waals surface area contributed by atoms with E-state index in [1.165, 1.54) is 10.5 Å². The molecule has 3 aromatic heterocycles. The fourth-order valence-corrected chi connectivity index (χ4v) is 4.63. The Balaban J connectivity index is 1.66. The number of ether oxygens (including phenoxy) is 1. The first-order valence-electron chi connectivity index (χ1n) is 8.26. The van der Waals surface area contributed by atoms with Crippen molar-refractivity contribution >= 4 is 21.1 Å². The van der Waals surface area contributed by atoms with Gasteiger partial charge in [-0.3, -0.25) is 9.36 Å². The molecule has 1 atom stereocenters. The molecule has 1 fully saturated rings. The molecule has 4 rings (SSSR count). The molecule has 9 nitrogen and oxygen atoms in total. The molecule has 0 saturated carbocycles. The highest BCUT2D eigenvalue weighted by Gasteiger charge is 2.32. The zero-order valence-electron chi connectivity index (χ0n) is 14.8. The van der Waals surface area contributed by atoms with E-state index in [0.29, 0.717) is 18.8 Å². The normalized spacial score (nSPS) is 19.3. The number of sulfonamides is 1. The maximum atomic E-state index is 13.1. The number of hydrogen-bond donors (Lipinski definition) is 0. The molecule has 3 aromatic rings. The third-order valence-corrected chi connectivity index (χ3v) is 6.43. The molecule has 138 valence electrons. The summed E-state index contributed by atoms with van der Waals surface area (Å²) in [7, 11) is -0.0624. The van der Waals surface area contributed by atoms with Gasteiger partial charge in [-0.25, -0.2) is 13.4 Å². The number of pyridine rings is 1. The average Bonchev–Trinajstić information content (AvgIpc) is 3.18. The number of morpholine rings is 1. The Labute approximate surface area is 151 Å². The quantitative estimate of drug-likeness (QED) is 0.670. The molecule has 0 radical (unpaired) electrons. The molecular weight excluding hydrogens is 356 g/mol. The van der Waals surface area contributed by atoms with E-state index >= 15 is 0 Å². The summed E-state index contributed by atoms with van der Waals surface area (Å²) in [5.74, 6) is 0. The summed E-state index contributed by atoms with van der Waals surface area (Å²) < 4.78 is 36.7. The van der Waals surface area contributed by atoms with Crippen molar-refractivity contribution in [3.8, 4) is 0 Å². The third kappa shape index (κ3) is 2.79. The highest BCUT2D eigenvalue weighted by Crippen LogP contribution is 2.27. The third-order valence-electron chi connectivity index (χ3n) is 4.60. The molecule has 0 aliphatic carbocycles. The van der Waals surface area contributed by atoms with Crippen molar-refractivity contribution in [2.24, 2.45) is 14.1 Å². The van der Waals surface area contributed by atoms with Crippen molar-refractivity contribution in [1.82, 2.24) is 28.9 Å².